The number of ketones is 1. The molecule has 1 aliphatic rings. The van der Waals surface area contributed by atoms with Crippen molar-refractivity contribution < 1.29 is 15.0 Å². The van der Waals surface area contributed by atoms with Crippen LogP contribution in [0.2, 0.25) is 0 Å². The zero-order chi connectivity index (χ0) is 15.2. The van der Waals surface area contributed by atoms with Crippen LogP contribution in [0.3, 0.4) is 0 Å². The second-order valence-corrected chi connectivity index (χ2v) is 6.05. The van der Waals surface area contributed by atoms with Crippen LogP contribution in [0, 0.1) is 5.92 Å². The van der Waals surface area contributed by atoms with Crippen molar-refractivity contribution >= 4 is 5.78 Å². The van der Waals surface area contributed by atoms with E-state index in [-0.39, 0.29) is 11.8 Å². The standard InChI is InChI=1S/C17H25NO3/c1-12(17(21)14-4-8-16(20)9-5-14)18-11-10-13-2-6-15(19)7-3-13/h4-5,8-9,12-13,17-18,20-21H,2-3,6-7,10-11H2,1H3/t12-,17+/m0/s1. The van der Waals surface area contributed by atoms with Gasteiger partial charge in [-0.05, 0) is 56.3 Å². The van der Waals surface area contributed by atoms with E-state index in [0.29, 0.717) is 11.7 Å². The van der Waals surface area contributed by atoms with Gasteiger partial charge in [0.25, 0.3) is 0 Å². The normalized spacial score (nSPS) is 19.4. The lowest BCUT2D eigenvalue weighted by Gasteiger charge is -2.24. The molecule has 2 atom stereocenters. The van der Waals surface area contributed by atoms with E-state index in [2.05, 4.69) is 5.32 Å². The van der Waals surface area contributed by atoms with Crippen molar-refractivity contribution in [2.24, 2.45) is 5.92 Å². The average molecular weight is 291 g/mol. The van der Waals surface area contributed by atoms with Gasteiger partial charge in [0, 0.05) is 18.9 Å². The van der Waals surface area contributed by atoms with E-state index >= 15 is 0 Å². The molecule has 2 rings (SSSR count). The van der Waals surface area contributed by atoms with Crippen LogP contribution in [0.25, 0.3) is 0 Å². The van der Waals surface area contributed by atoms with Crippen LogP contribution in [0.15, 0.2) is 24.3 Å². The molecule has 0 aromatic heterocycles. The summed E-state index contributed by atoms with van der Waals surface area (Å²) in [5.74, 6) is 1.24. The molecule has 0 aliphatic heterocycles. The van der Waals surface area contributed by atoms with E-state index in [0.717, 1.165) is 44.2 Å². The zero-order valence-corrected chi connectivity index (χ0v) is 12.6. The van der Waals surface area contributed by atoms with Crippen molar-refractivity contribution in [3.8, 4) is 5.75 Å². The third-order valence-electron chi connectivity index (χ3n) is 4.39. The van der Waals surface area contributed by atoms with E-state index in [1.807, 2.05) is 6.92 Å². The summed E-state index contributed by atoms with van der Waals surface area (Å²) >= 11 is 0. The van der Waals surface area contributed by atoms with Gasteiger partial charge in [-0.25, -0.2) is 0 Å². The minimum Gasteiger partial charge on any atom is -0.508 e. The molecule has 1 aromatic rings. The number of rotatable bonds is 6. The number of phenolic OH excluding ortho intramolecular Hbond substituents is 1. The van der Waals surface area contributed by atoms with Gasteiger partial charge in [-0.1, -0.05) is 12.1 Å². The van der Waals surface area contributed by atoms with Crippen molar-refractivity contribution in [1.29, 1.82) is 0 Å². The fourth-order valence-electron chi connectivity index (χ4n) is 2.88. The largest absolute Gasteiger partial charge is 0.508 e. The van der Waals surface area contributed by atoms with Gasteiger partial charge in [0.15, 0.2) is 0 Å². The Kier molecular flexibility index (Phi) is 5.76. The molecule has 0 radical (unpaired) electrons. The van der Waals surface area contributed by atoms with Gasteiger partial charge in [0.1, 0.15) is 11.5 Å². The Morgan fingerprint density at radius 2 is 1.86 bits per heavy atom. The first-order valence-electron chi connectivity index (χ1n) is 7.78. The first-order valence-corrected chi connectivity index (χ1v) is 7.78. The maximum absolute atomic E-state index is 11.2. The van der Waals surface area contributed by atoms with Gasteiger partial charge in [-0.2, -0.15) is 0 Å². The van der Waals surface area contributed by atoms with Crippen LogP contribution >= 0.6 is 0 Å². The minimum absolute atomic E-state index is 0.0419. The summed E-state index contributed by atoms with van der Waals surface area (Å²) < 4.78 is 0. The summed E-state index contributed by atoms with van der Waals surface area (Å²) in [6, 6.07) is 6.62. The molecule has 116 valence electrons. The van der Waals surface area contributed by atoms with E-state index in [4.69, 9.17) is 0 Å². The topological polar surface area (TPSA) is 69.6 Å². The highest BCUT2D eigenvalue weighted by atomic mass is 16.3. The molecule has 0 unspecified atom stereocenters. The zero-order valence-electron chi connectivity index (χ0n) is 12.6. The third kappa shape index (κ3) is 4.83. The molecule has 0 heterocycles. The third-order valence-corrected chi connectivity index (χ3v) is 4.39. The fraction of sp³-hybridized carbons (Fsp3) is 0.588. The Morgan fingerprint density at radius 1 is 1.24 bits per heavy atom. The predicted molar refractivity (Wildman–Crippen MR) is 82.1 cm³/mol. The Bertz CT molecular complexity index is 448. The van der Waals surface area contributed by atoms with E-state index in [1.165, 1.54) is 0 Å². The number of aromatic hydroxyl groups is 1. The van der Waals surface area contributed by atoms with Gasteiger partial charge in [0.2, 0.25) is 0 Å². The van der Waals surface area contributed by atoms with Gasteiger partial charge in [-0.15, -0.1) is 0 Å². The van der Waals surface area contributed by atoms with Crippen LogP contribution < -0.4 is 5.32 Å². The molecule has 0 bridgehead atoms. The molecule has 1 aromatic carbocycles. The molecule has 4 heteroatoms. The number of hydrogen-bond acceptors (Lipinski definition) is 4. The van der Waals surface area contributed by atoms with Gasteiger partial charge < -0.3 is 15.5 Å². The molecule has 0 amide bonds. The monoisotopic (exact) mass is 291 g/mol. The Balaban J connectivity index is 1.72. The summed E-state index contributed by atoms with van der Waals surface area (Å²) in [5.41, 5.74) is 0.802. The number of hydrogen-bond donors (Lipinski definition) is 3. The first kappa shape index (κ1) is 16.0. The van der Waals surface area contributed by atoms with Crippen molar-refractivity contribution in [2.75, 3.05) is 6.54 Å². The van der Waals surface area contributed by atoms with Crippen molar-refractivity contribution in [1.82, 2.24) is 5.32 Å². The van der Waals surface area contributed by atoms with Gasteiger partial charge in [0.05, 0.1) is 6.10 Å². The SMILES string of the molecule is C[C@H](NCCC1CCC(=O)CC1)[C@@H](O)c1ccc(O)cc1. The molecule has 1 saturated carbocycles. The highest BCUT2D eigenvalue weighted by Gasteiger charge is 2.20. The van der Waals surface area contributed by atoms with Crippen molar-refractivity contribution in [2.45, 2.75) is 51.2 Å². The quantitative estimate of drug-likeness (QED) is 0.753. The molecule has 4 nitrogen and oxygen atoms in total. The highest BCUT2D eigenvalue weighted by Crippen LogP contribution is 2.24. The van der Waals surface area contributed by atoms with Crippen LogP contribution in [0.1, 0.15) is 50.7 Å². The Hall–Kier alpha value is -1.39. The lowest BCUT2D eigenvalue weighted by Crippen LogP contribution is -2.34. The molecule has 3 N–H and O–H groups in total. The van der Waals surface area contributed by atoms with Gasteiger partial charge >= 0.3 is 0 Å². The van der Waals surface area contributed by atoms with Gasteiger partial charge in [-0.3, -0.25) is 4.79 Å². The maximum Gasteiger partial charge on any atom is 0.132 e. The van der Waals surface area contributed by atoms with Crippen molar-refractivity contribution in [3.63, 3.8) is 0 Å². The number of nitrogens with one attached hydrogen (secondary N) is 1. The summed E-state index contributed by atoms with van der Waals surface area (Å²) in [7, 11) is 0. The number of benzene rings is 1. The number of carbonyl (C=O) groups is 1. The number of aliphatic hydroxyl groups excluding tert-OH is 1. The van der Waals surface area contributed by atoms with E-state index in [1.54, 1.807) is 24.3 Å². The molecular formula is C17H25NO3. The number of Topliss-reactive ketones (excluding diaryl/α,β-unsaturated/α-hetero) is 1. The first-order chi connectivity index (χ1) is 10.1. The lowest BCUT2D eigenvalue weighted by molar-refractivity contribution is -0.121. The molecule has 1 aliphatic carbocycles. The second-order valence-electron chi connectivity index (χ2n) is 6.05. The van der Waals surface area contributed by atoms with Crippen LogP contribution in [-0.2, 0) is 4.79 Å². The van der Waals surface area contributed by atoms with Crippen molar-refractivity contribution in [3.05, 3.63) is 29.8 Å². The fourth-order valence-corrected chi connectivity index (χ4v) is 2.88. The summed E-state index contributed by atoms with van der Waals surface area (Å²) in [6.07, 6.45) is 3.95. The highest BCUT2D eigenvalue weighted by molar-refractivity contribution is 5.78. The number of phenols is 1. The smallest absolute Gasteiger partial charge is 0.132 e. The molecule has 0 saturated heterocycles. The predicted octanol–water partition coefficient (Wildman–Crippen LogP) is 2.55. The molecule has 1 fully saturated rings. The van der Waals surface area contributed by atoms with Crippen LogP contribution in [0.4, 0.5) is 0 Å². The van der Waals surface area contributed by atoms with E-state index < -0.39 is 6.10 Å². The van der Waals surface area contributed by atoms with Crippen LogP contribution in [0.5, 0.6) is 5.75 Å². The maximum atomic E-state index is 11.2. The molecule has 21 heavy (non-hydrogen) atoms. The average Bonchev–Trinajstić information content (AvgIpc) is 2.49. The second kappa shape index (κ2) is 7.57. The summed E-state index contributed by atoms with van der Waals surface area (Å²) in [5, 5.41) is 22.9. The Morgan fingerprint density at radius 3 is 2.48 bits per heavy atom. The summed E-state index contributed by atoms with van der Waals surface area (Å²) in [6.45, 7) is 2.82. The Labute approximate surface area is 126 Å². The number of carbonyl (C=O) groups excluding carboxylic acids is 1. The minimum atomic E-state index is -0.585. The van der Waals surface area contributed by atoms with Crippen LogP contribution in [-0.4, -0.2) is 28.6 Å². The van der Waals surface area contributed by atoms with E-state index in [9.17, 15) is 15.0 Å². The number of aliphatic hydroxyl groups is 1. The lowest BCUT2D eigenvalue weighted by atomic mass is 9.86. The summed E-state index contributed by atoms with van der Waals surface area (Å²) in [4.78, 5) is 11.2. The molecule has 0 spiro atoms. The molecular weight excluding hydrogens is 266 g/mol.